The van der Waals surface area contributed by atoms with Gasteiger partial charge in [-0.2, -0.15) is 0 Å². The molecular formula is C24H20ClN3O4. The Morgan fingerprint density at radius 1 is 0.938 bits per heavy atom. The fourth-order valence-electron chi connectivity index (χ4n) is 3.43. The minimum atomic E-state index is -0.436. The number of anilines is 1. The highest BCUT2D eigenvalue weighted by molar-refractivity contribution is 6.36. The van der Waals surface area contributed by atoms with Gasteiger partial charge in [0.15, 0.2) is 0 Å². The van der Waals surface area contributed by atoms with E-state index in [0.717, 1.165) is 5.56 Å². The first kappa shape index (κ1) is 21.4. The van der Waals surface area contributed by atoms with Gasteiger partial charge in [-0.15, -0.1) is 0 Å². The van der Waals surface area contributed by atoms with Gasteiger partial charge in [0, 0.05) is 23.5 Å². The average Bonchev–Trinajstić information content (AvgIpc) is 3.05. The summed E-state index contributed by atoms with van der Waals surface area (Å²) in [5.41, 5.74) is 2.33. The molecular weight excluding hydrogens is 430 g/mol. The average molecular weight is 450 g/mol. The maximum atomic E-state index is 13.4. The molecule has 0 bridgehead atoms. The van der Waals surface area contributed by atoms with Crippen molar-refractivity contribution >= 4 is 34.7 Å². The molecule has 32 heavy (non-hydrogen) atoms. The summed E-state index contributed by atoms with van der Waals surface area (Å²) in [6.45, 7) is 0.127. The molecule has 0 atom stereocenters. The number of halogens is 1. The summed E-state index contributed by atoms with van der Waals surface area (Å²) in [5, 5.41) is 3.65. The first-order valence-electron chi connectivity index (χ1n) is 9.76. The van der Waals surface area contributed by atoms with E-state index in [1.54, 1.807) is 74.1 Å². The number of hydrogen-bond acceptors (Lipinski definition) is 6. The number of aromatic nitrogens is 1. The van der Waals surface area contributed by atoms with Crippen molar-refractivity contribution < 1.29 is 19.1 Å². The molecule has 3 aromatic rings. The summed E-state index contributed by atoms with van der Waals surface area (Å²) in [7, 11) is 3.07. The molecule has 8 heteroatoms. The number of methoxy groups -OCH3 is 2. The third-order valence-electron chi connectivity index (χ3n) is 5.06. The second-order valence-corrected chi connectivity index (χ2v) is 7.44. The van der Waals surface area contributed by atoms with E-state index < -0.39 is 11.8 Å². The van der Waals surface area contributed by atoms with Crippen LogP contribution < -0.4 is 14.8 Å². The van der Waals surface area contributed by atoms with Crippen LogP contribution in [0.25, 0.3) is 5.57 Å². The second-order valence-electron chi connectivity index (χ2n) is 7.00. The molecule has 1 N–H and O–H groups in total. The van der Waals surface area contributed by atoms with Crippen LogP contribution in [0.15, 0.2) is 72.7 Å². The molecule has 0 saturated heterocycles. The van der Waals surface area contributed by atoms with Crippen LogP contribution in [0.2, 0.25) is 5.02 Å². The predicted octanol–water partition coefficient (Wildman–Crippen LogP) is 4.14. The van der Waals surface area contributed by atoms with Gasteiger partial charge < -0.3 is 14.8 Å². The van der Waals surface area contributed by atoms with Crippen LogP contribution in [0.1, 0.15) is 11.1 Å². The van der Waals surface area contributed by atoms with E-state index in [1.807, 2.05) is 0 Å². The maximum Gasteiger partial charge on any atom is 0.278 e. The Labute approximate surface area is 190 Å². The number of ether oxygens (including phenoxy) is 2. The number of hydrogen-bond donors (Lipinski definition) is 1. The number of nitrogens with zero attached hydrogens (tertiary/aromatic N) is 2. The Bertz CT molecular complexity index is 1190. The molecule has 7 nitrogen and oxygen atoms in total. The Morgan fingerprint density at radius 2 is 1.66 bits per heavy atom. The van der Waals surface area contributed by atoms with E-state index >= 15 is 0 Å². The first-order valence-corrected chi connectivity index (χ1v) is 10.1. The van der Waals surface area contributed by atoms with Gasteiger partial charge in [-0.3, -0.25) is 19.5 Å². The molecule has 162 valence electrons. The zero-order valence-electron chi connectivity index (χ0n) is 17.5. The van der Waals surface area contributed by atoms with Crippen molar-refractivity contribution in [3.8, 4) is 11.5 Å². The zero-order valence-corrected chi connectivity index (χ0v) is 18.2. The number of carbonyl (C=O) groups excluding carboxylic acids is 2. The number of pyridine rings is 1. The lowest BCUT2D eigenvalue weighted by molar-refractivity contribution is -0.137. The van der Waals surface area contributed by atoms with Gasteiger partial charge in [0.2, 0.25) is 0 Å². The zero-order chi connectivity index (χ0) is 22.7. The second kappa shape index (κ2) is 9.11. The number of rotatable bonds is 7. The Kier molecular flexibility index (Phi) is 6.09. The topological polar surface area (TPSA) is 80.8 Å². The van der Waals surface area contributed by atoms with Gasteiger partial charge in [0.25, 0.3) is 11.8 Å². The van der Waals surface area contributed by atoms with Gasteiger partial charge in [-0.1, -0.05) is 23.7 Å². The molecule has 0 aliphatic carbocycles. The standard InChI is InChI=1S/C24H20ClN3O4/c1-31-18-7-8-19(20(13-18)32-2)27-22-21(16-3-5-17(25)6-4-16)23(29)28(24(22)30)14-15-9-11-26-12-10-15/h3-13,27H,14H2,1-2H3. The van der Waals surface area contributed by atoms with Gasteiger partial charge in [0.1, 0.15) is 17.2 Å². The van der Waals surface area contributed by atoms with Gasteiger partial charge in [0.05, 0.1) is 32.0 Å². The van der Waals surface area contributed by atoms with Crippen LogP contribution in [-0.2, 0) is 16.1 Å². The summed E-state index contributed by atoms with van der Waals surface area (Å²) < 4.78 is 10.7. The van der Waals surface area contributed by atoms with Crippen molar-refractivity contribution in [1.82, 2.24) is 9.88 Å². The largest absolute Gasteiger partial charge is 0.497 e. The van der Waals surface area contributed by atoms with Crippen LogP contribution >= 0.6 is 11.6 Å². The van der Waals surface area contributed by atoms with E-state index in [4.69, 9.17) is 21.1 Å². The summed E-state index contributed by atoms with van der Waals surface area (Å²) >= 11 is 6.03. The van der Waals surface area contributed by atoms with Crippen LogP contribution in [0.5, 0.6) is 11.5 Å². The summed E-state index contributed by atoms with van der Waals surface area (Å²) in [6.07, 6.45) is 3.24. The molecule has 1 aromatic heterocycles. The highest BCUT2D eigenvalue weighted by Crippen LogP contribution is 2.35. The number of amides is 2. The fourth-order valence-corrected chi connectivity index (χ4v) is 3.55. The lowest BCUT2D eigenvalue weighted by Crippen LogP contribution is -2.32. The van der Waals surface area contributed by atoms with Crippen LogP contribution in [-0.4, -0.2) is 35.9 Å². The third kappa shape index (κ3) is 4.15. The van der Waals surface area contributed by atoms with Crippen molar-refractivity contribution in [2.45, 2.75) is 6.54 Å². The molecule has 4 rings (SSSR count). The predicted molar refractivity (Wildman–Crippen MR) is 121 cm³/mol. The normalized spacial score (nSPS) is 13.5. The Hall–Kier alpha value is -3.84. The summed E-state index contributed by atoms with van der Waals surface area (Å²) in [6, 6.07) is 15.5. The van der Waals surface area contributed by atoms with Gasteiger partial charge >= 0.3 is 0 Å². The summed E-state index contributed by atoms with van der Waals surface area (Å²) in [4.78, 5) is 31.9. The Morgan fingerprint density at radius 3 is 2.31 bits per heavy atom. The van der Waals surface area contributed by atoms with Crippen molar-refractivity contribution in [2.24, 2.45) is 0 Å². The molecule has 0 saturated carbocycles. The van der Waals surface area contributed by atoms with Crippen LogP contribution in [0.3, 0.4) is 0 Å². The first-order chi connectivity index (χ1) is 15.5. The van der Waals surface area contributed by atoms with E-state index in [9.17, 15) is 9.59 Å². The third-order valence-corrected chi connectivity index (χ3v) is 5.31. The lowest BCUT2D eigenvalue weighted by Gasteiger charge is -2.16. The summed E-state index contributed by atoms with van der Waals surface area (Å²) in [5.74, 6) is 0.242. The molecule has 2 aromatic carbocycles. The number of benzene rings is 2. The minimum Gasteiger partial charge on any atom is -0.497 e. The monoisotopic (exact) mass is 449 g/mol. The quantitative estimate of drug-likeness (QED) is 0.546. The molecule has 0 fully saturated rings. The maximum absolute atomic E-state index is 13.4. The van der Waals surface area contributed by atoms with E-state index in [2.05, 4.69) is 10.3 Å². The van der Waals surface area contributed by atoms with Crippen molar-refractivity contribution in [2.75, 3.05) is 19.5 Å². The molecule has 0 radical (unpaired) electrons. The van der Waals surface area contributed by atoms with Gasteiger partial charge in [-0.25, -0.2) is 0 Å². The fraction of sp³-hybridized carbons (Fsp3) is 0.125. The van der Waals surface area contributed by atoms with Crippen molar-refractivity contribution in [1.29, 1.82) is 0 Å². The van der Waals surface area contributed by atoms with Crippen LogP contribution in [0, 0.1) is 0 Å². The van der Waals surface area contributed by atoms with E-state index in [1.165, 1.54) is 12.0 Å². The minimum absolute atomic E-state index is 0.127. The number of imide groups is 1. The molecule has 2 amide bonds. The lowest BCUT2D eigenvalue weighted by atomic mass is 10.0. The Balaban J connectivity index is 1.76. The smallest absolute Gasteiger partial charge is 0.278 e. The van der Waals surface area contributed by atoms with Gasteiger partial charge in [-0.05, 0) is 47.5 Å². The van der Waals surface area contributed by atoms with E-state index in [-0.39, 0.29) is 17.8 Å². The SMILES string of the molecule is COc1ccc(NC2=C(c3ccc(Cl)cc3)C(=O)N(Cc3ccncc3)C2=O)c(OC)c1. The molecule has 2 heterocycles. The molecule has 0 unspecified atom stereocenters. The molecule has 1 aliphatic heterocycles. The molecule has 0 spiro atoms. The van der Waals surface area contributed by atoms with Crippen LogP contribution in [0.4, 0.5) is 5.69 Å². The highest BCUT2D eigenvalue weighted by Gasteiger charge is 2.39. The number of carbonyl (C=O) groups is 2. The van der Waals surface area contributed by atoms with E-state index in [0.29, 0.717) is 27.8 Å². The highest BCUT2D eigenvalue weighted by atomic mass is 35.5. The van der Waals surface area contributed by atoms with Crippen molar-refractivity contribution in [3.63, 3.8) is 0 Å². The van der Waals surface area contributed by atoms with Crippen molar-refractivity contribution in [3.05, 3.63) is 88.8 Å². The number of nitrogens with one attached hydrogen (secondary N) is 1. The molecule has 1 aliphatic rings.